The molecule has 252 valence electrons. The largest absolute Gasteiger partial charge is 0.453 e. The molecule has 5 aromatic rings. The van der Waals surface area contributed by atoms with E-state index in [2.05, 4.69) is 20.6 Å². The monoisotopic (exact) mass is 681 g/mol. The highest BCUT2D eigenvalue weighted by molar-refractivity contribution is 7.22. The number of amides is 3. The number of hydrogen-bond donors (Lipinski definition) is 3. The summed E-state index contributed by atoms with van der Waals surface area (Å²) in [5.74, 6) is -1.80. The SMILES string of the molecule is COCCN(Cc1cnc(-c2cc3nccc(Oc4ccc(NC(=O)Nc5ccc(F)cc5F)cc4F)c3s2)n1C)C(=O)C(N)C(C)C. The fourth-order valence-electron chi connectivity index (χ4n) is 4.74. The number of pyridine rings is 1. The highest BCUT2D eigenvalue weighted by Crippen LogP contribution is 2.39. The lowest BCUT2D eigenvalue weighted by Crippen LogP contribution is -2.47. The van der Waals surface area contributed by atoms with Crippen LogP contribution in [0.1, 0.15) is 19.5 Å². The van der Waals surface area contributed by atoms with Crippen LogP contribution in [0.4, 0.5) is 29.3 Å². The Hall–Kier alpha value is -4.99. The van der Waals surface area contributed by atoms with Crippen molar-refractivity contribution in [1.29, 1.82) is 0 Å². The zero-order chi connectivity index (χ0) is 34.5. The Kier molecular flexibility index (Phi) is 10.6. The maximum atomic E-state index is 15.1. The molecule has 11 nitrogen and oxygen atoms in total. The third-order valence-electron chi connectivity index (χ3n) is 7.50. The van der Waals surface area contributed by atoms with Crippen molar-refractivity contribution in [2.24, 2.45) is 18.7 Å². The molecule has 3 amide bonds. The number of aromatic nitrogens is 3. The van der Waals surface area contributed by atoms with Crippen molar-refractivity contribution < 1.29 is 32.2 Å². The molecule has 3 heterocycles. The normalized spacial score (nSPS) is 11.9. The number of thiophene rings is 1. The van der Waals surface area contributed by atoms with Gasteiger partial charge in [-0.3, -0.25) is 9.78 Å². The van der Waals surface area contributed by atoms with E-state index in [1.807, 2.05) is 31.5 Å². The van der Waals surface area contributed by atoms with Crippen LogP contribution in [0.15, 0.2) is 60.9 Å². The van der Waals surface area contributed by atoms with Gasteiger partial charge in [-0.1, -0.05) is 13.8 Å². The summed E-state index contributed by atoms with van der Waals surface area (Å²) >= 11 is 1.36. The summed E-state index contributed by atoms with van der Waals surface area (Å²) in [6.07, 6.45) is 3.25. The van der Waals surface area contributed by atoms with E-state index in [9.17, 15) is 18.4 Å². The lowest BCUT2D eigenvalue weighted by molar-refractivity contribution is -0.135. The fraction of sp³-hybridized carbons (Fsp3) is 0.273. The number of urea groups is 1. The predicted octanol–water partition coefficient (Wildman–Crippen LogP) is 6.51. The van der Waals surface area contributed by atoms with Gasteiger partial charge in [-0.25, -0.2) is 22.9 Å². The maximum Gasteiger partial charge on any atom is 0.323 e. The minimum Gasteiger partial charge on any atom is -0.453 e. The first kappa shape index (κ1) is 34.3. The Morgan fingerprint density at radius 1 is 1.02 bits per heavy atom. The molecule has 5 rings (SSSR count). The summed E-state index contributed by atoms with van der Waals surface area (Å²) in [6, 6.07) is 8.50. The summed E-state index contributed by atoms with van der Waals surface area (Å²) in [5, 5.41) is 4.65. The Morgan fingerprint density at radius 2 is 1.81 bits per heavy atom. The van der Waals surface area contributed by atoms with Gasteiger partial charge in [-0.05, 0) is 36.2 Å². The zero-order valence-electron chi connectivity index (χ0n) is 26.6. The standard InChI is InChI=1S/C33H34F3N7O4S/c1-18(2)29(37)32(44)43(11-12-46-4)17-21-16-39-31(42(21)3)28-15-25-30(48-28)27(9-10-38-25)47-26-8-6-20(14-23(26)36)40-33(45)41-24-7-5-19(34)13-22(24)35/h5-10,13-16,18,29H,11-12,17,37H2,1-4H3,(H2,40,41,45). The average molecular weight is 682 g/mol. The number of ether oxygens (including phenoxy) is 2. The lowest BCUT2D eigenvalue weighted by atomic mass is 10.0. The van der Waals surface area contributed by atoms with Crippen molar-refractivity contribution in [2.75, 3.05) is 30.9 Å². The molecule has 0 aliphatic rings. The molecule has 0 fully saturated rings. The van der Waals surface area contributed by atoms with E-state index in [0.29, 0.717) is 47.6 Å². The van der Waals surface area contributed by atoms with Gasteiger partial charge in [0.1, 0.15) is 23.2 Å². The molecule has 4 N–H and O–H groups in total. The van der Waals surface area contributed by atoms with E-state index in [4.69, 9.17) is 15.2 Å². The second-order valence-corrected chi connectivity index (χ2v) is 12.3. The molecule has 48 heavy (non-hydrogen) atoms. The molecule has 0 aliphatic heterocycles. The molecule has 0 saturated heterocycles. The molecule has 0 radical (unpaired) electrons. The highest BCUT2D eigenvalue weighted by Gasteiger charge is 2.25. The number of nitrogens with zero attached hydrogens (tertiary/aromatic N) is 4. The molecular weight excluding hydrogens is 647 g/mol. The molecule has 0 spiro atoms. The van der Waals surface area contributed by atoms with E-state index in [1.54, 1.807) is 30.5 Å². The number of nitrogens with two attached hydrogens (primary N) is 1. The van der Waals surface area contributed by atoms with Crippen molar-refractivity contribution in [1.82, 2.24) is 19.4 Å². The molecule has 1 atom stereocenters. The van der Waals surface area contributed by atoms with Crippen LogP contribution in [0.3, 0.4) is 0 Å². The first-order valence-electron chi connectivity index (χ1n) is 14.9. The first-order valence-corrected chi connectivity index (χ1v) is 15.7. The van der Waals surface area contributed by atoms with Crippen LogP contribution in [0.5, 0.6) is 11.5 Å². The van der Waals surface area contributed by atoms with E-state index in [-0.39, 0.29) is 28.9 Å². The summed E-state index contributed by atoms with van der Waals surface area (Å²) in [7, 11) is 3.43. The number of nitrogens with one attached hydrogen (secondary N) is 2. The van der Waals surface area contributed by atoms with Gasteiger partial charge in [-0.2, -0.15) is 0 Å². The van der Waals surface area contributed by atoms with Crippen molar-refractivity contribution in [2.45, 2.75) is 26.4 Å². The Balaban J connectivity index is 1.32. The molecule has 1 unspecified atom stereocenters. The average Bonchev–Trinajstić information content (AvgIpc) is 3.64. The first-order chi connectivity index (χ1) is 22.9. The van der Waals surface area contributed by atoms with Gasteiger partial charge >= 0.3 is 6.03 Å². The predicted molar refractivity (Wildman–Crippen MR) is 177 cm³/mol. The number of rotatable bonds is 12. The Morgan fingerprint density at radius 3 is 2.52 bits per heavy atom. The van der Waals surface area contributed by atoms with Gasteiger partial charge in [0.15, 0.2) is 11.6 Å². The van der Waals surface area contributed by atoms with E-state index >= 15 is 4.39 Å². The zero-order valence-corrected chi connectivity index (χ0v) is 27.4. The second kappa shape index (κ2) is 14.8. The van der Waals surface area contributed by atoms with Crippen molar-refractivity contribution in [3.05, 3.63) is 84.1 Å². The summed E-state index contributed by atoms with van der Waals surface area (Å²) in [4.78, 5) is 36.9. The Bertz CT molecular complexity index is 1950. The van der Waals surface area contributed by atoms with Crippen LogP contribution >= 0.6 is 11.3 Å². The number of imidazole rings is 1. The minimum atomic E-state index is -0.952. The number of carbonyl (C=O) groups is 2. The number of benzene rings is 2. The second-order valence-electron chi connectivity index (χ2n) is 11.2. The molecule has 0 aliphatic carbocycles. The molecule has 3 aromatic heterocycles. The van der Waals surface area contributed by atoms with Gasteiger partial charge in [0.05, 0.1) is 51.9 Å². The molecule has 15 heteroatoms. The van der Waals surface area contributed by atoms with Gasteiger partial charge in [0.2, 0.25) is 5.91 Å². The number of anilines is 2. The third-order valence-corrected chi connectivity index (χ3v) is 8.64. The van der Waals surface area contributed by atoms with E-state index in [0.717, 1.165) is 28.8 Å². The summed E-state index contributed by atoms with van der Waals surface area (Å²) in [6.45, 7) is 4.83. The molecule has 2 aromatic carbocycles. The van der Waals surface area contributed by atoms with Gasteiger partial charge in [0.25, 0.3) is 0 Å². The number of methoxy groups -OCH3 is 1. The number of carbonyl (C=O) groups excluding carboxylic acids is 2. The maximum absolute atomic E-state index is 15.1. The van der Waals surface area contributed by atoms with E-state index in [1.165, 1.54) is 23.5 Å². The van der Waals surface area contributed by atoms with Gasteiger partial charge < -0.3 is 35.3 Å². The van der Waals surface area contributed by atoms with Crippen LogP contribution in [0.25, 0.3) is 20.9 Å². The van der Waals surface area contributed by atoms with Crippen molar-refractivity contribution in [3.8, 4) is 22.2 Å². The van der Waals surface area contributed by atoms with Crippen LogP contribution in [-0.2, 0) is 23.1 Å². The third kappa shape index (κ3) is 7.75. The van der Waals surface area contributed by atoms with Gasteiger partial charge in [0, 0.05) is 50.8 Å². The van der Waals surface area contributed by atoms with Crippen molar-refractivity contribution >= 4 is 44.9 Å². The fourth-order valence-corrected chi connectivity index (χ4v) is 5.84. The molecule has 0 saturated carbocycles. The summed E-state index contributed by atoms with van der Waals surface area (Å²) in [5.41, 5.74) is 7.41. The summed E-state index contributed by atoms with van der Waals surface area (Å²) < 4.78 is 55.8. The topological polar surface area (TPSA) is 137 Å². The van der Waals surface area contributed by atoms with Crippen LogP contribution in [0.2, 0.25) is 0 Å². The van der Waals surface area contributed by atoms with E-state index < -0.39 is 29.5 Å². The van der Waals surface area contributed by atoms with Crippen molar-refractivity contribution in [3.63, 3.8) is 0 Å². The smallest absolute Gasteiger partial charge is 0.323 e. The van der Waals surface area contributed by atoms with Crippen LogP contribution < -0.4 is 21.1 Å². The minimum absolute atomic E-state index is 0.0251. The number of hydrogen-bond acceptors (Lipinski definition) is 8. The quantitative estimate of drug-likeness (QED) is 0.137. The molecular formula is C33H34F3N7O4S. The number of halogens is 3. The van der Waals surface area contributed by atoms with Gasteiger partial charge in [-0.15, -0.1) is 11.3 Å². The van der Waals surface area contributed by atoms with Crippen LogP contribution in [0, 0.1) is 23.4 Å². The number of fused-ring (bicyclic) bond motifs is 1. The molecule has 0 bridgehead atoms. The lowest BCUT2D eigenvalue weighted by Gasteiger charge is -2.27. The van der Waals surface area contributed by atoms with Crippen LogP contribution in [-0.4, -0.2) is 57.7 Å². The Labute approximate surface area is 278 Å². The highest BCUT2D eigenvalue weighted by atomic mass is 32.1.